The summed E-state index contributed by atoms with van der Waals surface area (Å²) in [4.78, 5) is 14.3. The number of nitrogens with zero attached hydrogens (tertiary/aromatic N) is 2. The van der Waals surface area contributed by atoms with Gasteiger partial charge in [0.1, 0.15) is 10.8 Å². The van der Waals surface area contributed by atoms with E-state index in [1.165, 1.54) is 24.5 Å². The van der Waals surface area contributed by atoms with E-state index in [-0.39, 0.29) is 12.3 Å². The molecule has 0 bridgehead atoms. The van der Waals surface area contributed by atoms with E-state index in [9.17, 15) is 18.5 Å². The molecule has 1 aromatic heterocycles. The van der Waals surface area contributed by atoms with Gasteiger partial charge in [0.05, 0.1) is 34.9 Å². The maximum atomic E-state index is 12.5. The lowest BCUT2D eigenvalue weighted by Crippen LogP contribution is -2.24. The zero-order valence-electron chi connectivity index (χ0n) is 13.0. The molecule has 3 rings (SSSR count). The molecule has 25 heavy (non-hydrogen) atoms. The van der Waals surface area contributed by atoms with Crippen LogP contribution < -0.4 is 9.46 Å². The lowest BCUT2D eigenvalue weighted by atomic mass is 10.3. The third-order valence-corrected chi connectivity index (χ3v) is 5.89. The average molecular weight is 379 g/mol. The van der Waals surface area contributed by atoms with Gasteiger partial charge in [-0.05, 0) is 24.3 Å². The molecule has 10 heteroatoms. The van der Waals surface area contributed by atoms with Gasteiger partial charge in [-0.25, -0.2) is 18.1 Å². The highest BCUT2D eigenvalue weighted by Crippen LogP contribution is 2.28. The van der Waals surface area contributed by atoms with Gasteiger partial charge in [0, 0.05) is 0 Å². The Kier molecular flexibility index (Phi) is 4.66. The van der Waals surface area contributed by atoms with E-state index in [1.54, 1.807) is 0 Å². The summed E-state index contributed by atoms with van der Waals surface area (Å²) in [5, 5.41) is 11.7. The largest absolute Gasteiger partial charge is 0.497 e. The number of nitro groups is 1. The fourth-order valence-corrected chi connectivity index (χ4v) is 4.36. The summed E-state index contributed by atoms with van der Waals surface area (Å²) in [6.45, 7) is -0.0507. The molecule has 0 fully saturated rings. The molecule has 8 nitrogen and oxygen atoms in total. The number of nitrogens with one attached hydrogen (secondary N) is 1. The number of fused-ring (bicyclic) bond motifs is 1. The zero-order chi connectivity index (χ0) is 18.0. The van der Waals surface area contributed by atoms with Gasteiger partial charge < -0.3 is 4.74 Å². The molecule has 0 aliphatic rings. The fraction of sp³-hybridized carbons (Fsp3) is 0.133. The average Bonchev–Trinajstić information content (AvgIpc) is 3.02. The second kappa shape index (κ2) is 6.75. The topological polar surface area (TPSA) is 111 Å². The van der Waals surface area contributed by atoms with Crippen molar-refractivity contribution in [3.8, 4) is 5.75 Å². The predicted molar refractivity (Wildman–Crippen MR) is 93.3 cm³/mol. The molecule has 0 saturated carbocycles. The van der Waals surface area contributed by atoms with Gasteiger partial charge in [0.15, 0.2) is 4.90 Å². The lowest BCUT2D eigenvalue weighted by Gasteiger charge is -2.07. The van der Waals surface area contributed by atoms with Crippen molar-refractivity contribution < 1.29 is 18.1 Å². The molecule has 1 heterocycles. The highest BCUT2D eigenvalue weighted by Gasteiger charge is 2.26. The molecule has 2 aromatic carbocycles. The number of rotatable bonds is 6. The Labute approximate surface area is 147 Å². The Hall–Kier alpha value is -2.56. The first-order valence-electron chi connectivity index (χ1n) is 7.07. The molecule has 0 radical (unpaired) electrons. The summed E-state index contributed by atoms with van der Waals surface area (Å²) >= 11 is 1.36. The van der Waals surface area contributed by atoms with E-state index in [4.69, 9.17) is 4.74 Å². The van der Waals surface area contributed by atoms with E-state index in [0.717, 1.165) is 22.3 Å². The summed E-state index contributed by atoms with van der Waals surface area (Å²) in [6, 6.07) is 11.0. The van der Waals surface area contributed by atoms with Crippen molar-refractivity contribution >= 4 is 37.3 Å². The molecular formula is C15H13N3O5S2. The molecule has 3 aromatic rings. The molecule has 0 aliphatic carbocycles. The number of nitro benzene ring substituents is 1. The summed E-state index contributed by atoms with van der Waals surface area (Å²) < 4.78 is 33.1. The number of benzene rings is 2. The van der Waals surface area contributed by atoms with Crippen molar-refractivity contribution in [1.82, 2.24) is 9.71 Å². The van der Waals surface area contributed by atoms with Gasteiger partial charge in [0.25, 0.3) is 5.69 Å². The van der Waals surface area contributed by atoms with Gasteiger partial charge >= 0.3 is 0 Å². The first-order valence-corrected chi connectivity index (χ1v) is 9.37. The standard InChI is InChI=1S/C15H13N3O5S2/c1-23-10-6-7-14(12(8-10)18(19)20)25(21,22)16-9-15-17-11-4-2-3-5-13(11)24-15/h2-8,16H,9H2,1H3. The number of ether oxygens (including phenoxy) is 1. The summed E-state index contributed by atoms with van der Waals surface area (Å²) in [5.74, 6) is 0.205. The van der Waals surface area contributed by atoms with Crippen molar-refractivity contribution in [3.05, 3.63) is 57.6 Å². The van der Waals surface area contributed by atoms with E-state index >= 15 is 0 Å². The van der Waals surface area contributed by atoms with Crippen molar-refractivity contribution in [3.63, 3.8) is 0 Å². The van der Waals surface area contributed by atoms with Crippen LogP contribution in [-0.4, -0.2) is 25.4 Å². The van der Waals surface area contributed by atoms with Crippen molar-refractivity contribution in [1.29, 1.82) is 0 Å². The van der Waals surface area contributed by atoms with E-state index < -0.39 is 25.5 Å². The van der Waals surface area contributed by atoms with Crippen LogP contribution in [0.3, 0.4) is 0 Å². The minimum absolute atomic E-state index is 0.0507. The summed E-state index contributed by atoms with van der Waals surface area (Å²) in [7, 11) is -2.73. The van der Waals surface area contributed by atoms with E-state index in [1.807, 2.05) is 24.3 Å². The van der Waals surface area contributed by atoms with Crippen LogP contribution in [0.5, 0.6) is 5.75 Å². The number of hydrogen-bond donors (Lipinski definition) is 1. The maximum absolute atomic E-state index is 12.5. The Morgan fingerprint density at radius 2 is 2.04 bits per heavy atom. The van der Waals surface area contributed by atoms with Crippen LogP contribution in [-0.2, 0) is 16.6 Å². The number of hydrogen-bond acceptors (Lipinski definition) is 7. The SMILES string of the molecule is COc1ccc(S(=O)(=O)NCc2nc3ccccc3s2)c([N+](=O)[O-])c1. The number of para-hydroxylation sites is 1. The Bertz CT molecular complexity index is 1010. The Morgan fingerprint density at radius 3 is 2.72 bits per heavy atom. The molecule has 130 valence electrons. The number of thiazole rings is 1. The minimum Gasteiger partial charge on any atom is -0.497 e. The number of sulfonamides is 1. The van der Waals surface area contributed by atoms with Gasteiger partial charge in [-0.1, -0.05) is 12.1 Å². The van der Waals surface area contributed by atoms with Crippen LogP contribution in [0.4, 0.5) is 5.69 Å². The van der Waals surface area contributed by atoms with Crippen LogP contribution in [0, 0.1) is 10.1 Å². The summed E-state index contributed by atoms with van der Waals surface area (Å²) in [6.07, 6.45) is 0. The van der Waals surface area contributed by atoms with Crippen molar-refractivity contribution in [2.75, 3.05) is 7.11 Å². The number of methoxy groups -OCH3 is 1. The molecule has 0 amide bonds. The zero-order valence-corrected chi connectivity index (χ0v) is 14.6. The number of aromatic nitrogens is 1. The summed E-state index contributed by atoms with van der Waals surface area (Å²) in [5.41, 5.74) is 0.230. The van der Waals surface area contributed by atoms with E-state index in [0.29, 0.717) is 5.01 Å². The first-order chi connectivity index (χ1) is 11.9. The highest BCUT2D eigenvalue weighted by atomic mass is 32.2. The molecule has 0 aliphatic heterocycles. The Balaban J connectivity index is 1.87. The van der Waals surface area contributed by atoms with Gasteiger partial charge in [-0.2, -0.15) is 0 Å². The molecular weight excluding hydrogens is 366 g/mol. The normalized spacial score (nSPS) is 11.6. The molecule has 0 unspecified atom stereocenters. The molecule has 1 N–H and O–H groups in total. The van der Waals surface area contributed by atoms with Crippen LogP contribution in [0.1, 0.15) is 5.01 Å². The van der Waals surface area contributed by atoms with Crippen molar-refractivity contribution in [2.45, 2.75) is 11.4 Å². The quantitative estimate of drug-likeness (QED) is 0.521. The Morgan fingerprint density at radius 1 is 1.28 bits per heavy atom. The lowest BCUT2D eigenvalue weighted by molar-refractivity contribution is -0.387. The molecule has 0 saturated heterocycles. The third kappa shape index (κ3) is 3.60. The first kappa shape index (κ1) is 17.3. The van der Waals surface area contributed by atoms with Crippen molar-refractivity contribution in [2.24, 2.45) is 0 Å². The second-order valence-corrected chi connectivity index (χ2v) is 7.84. The highest BCUT2D eigenvalue weighted by molar-refractivity contribution is 7.89. The predicted octanol–water partition coefficient (Wildman–Crippen LogP) is 2.69. The van der Waals surface area contributed by atoms with Crippen LogP contribution >= 0.6 is 11.3 Å². The smallest absolute Gasteiger partial charge is 0.293 e. The monoisotopic (exact) mass is 379 g/mol. The molecule has 0 atom stereocenters. The van der Waals surface area contributed by atoms with Gasteiger partial charge in [-0.15, -0.1) is 11.3 Å². The van der Waals surface area contributed by atoms with Crippen LogP contribution in [0.15, 0.2) is 47.4 Å². The van der Waals surface area contributed by atoms with Crippen LogP contribution in [0.2, 0.25) is 0 Å². The second-order valence-electron chi connectivity index (χ2n) is 4.99. The van der Waals surface area contributed by atoms with Gasteiger partial charge in [0.2, 0.25) is 10.0 Å². The van der Waals surface area contributed by atoms with E-state index in [2.05, 4.69) is 9.71 Å². The van der Waals surface area contributed by atoms with Crippen LogP contribution in [0.25, 0.3) is 10.2 Å². The third-order valence-electron chi connectivity index (χ3n) is 3.40. The maximum Gasteiger partial charge on any atom is 0.293 e. The molecule has 0 spiro atoms. The minimum atomic E-state index is -4.08. The van der Waals surface area contributed by atoms with Gasteiger partial charge in [-0.3, -0.25) is 10.1 Å². The fourth-order valence-electron chi connectivity index (χ4n) is 2.22.